The Labute approximate surface area is 180 Å². The number of H-pyrrole nitrogens is 1. The molecular weight excluding hydrogens is 446 g/mol. The first-order valence-electron chi connectivity index (χ1n) is 9.65. The maximum absolute atomic E-state index is 11.4. The van der Waals surface area contributed by atoms with Crippen LogP contribution < -0.4 is 0 Å². The normalized spacial score (nSPS) is 16.3. The standard InChI is InChI=1S/C22H18BrN5O2/c23-16-9-18-17(25-11-16)8-15(10-24-18)13-3-5-14(6-4-13)19-12-26-21(27-19)20-2-1-7-28(20)22(29)30/h3-6,8-12,20H,1-2,7H2,(H,26,27)(H,29,30)/t20-/m0/s1. The predicted molar refractivity (Wildman–Crippen MR) is 117 cm³/mol. The Morgan fingerprint density at radius 3 is 2.60 bits per heavy atom. The van der Waals surface area contributed by atoms with Crippen LogP contribution in [0, 0.1) is 0 Å². The molecule has 7 nitrogen and oxygen atoms in total. The SMILES string of the molecule is O=C(O)N1CCC[C@H]1c1nc(-c2ccc(-c3cnc4cc(Br)cnc4c3)cc2)c[nH]1. The average Bonchev–Trinajstić information content (AvgIpc) is 3.43. The number of hydrogen-bond donors (Lipinski definition) is 2. The molecule has 150 valence electrons. The van der Waals surface area contributed by atoms with E-state index in [0.717, 1.165) is 50.7 Å². The molecule has 2 N–H and O–H groups in total. The lowest BCUT2D eigenvalue weighted by atomic mass is 10.0. The summed E-state index contributed by atoms with van der Waals surface area (Å²) in [5, 5.41) is 9.36. The average molecular weight is 464 g/mol. The van der Waals surface area contributed by atoms with Crippen molar-refractivity contribution in [3.05, 3.63) is 65.3 Å². The number of nitrogens with zero attached hydrogens (tertiary/aromatic N) is 4. The number of carboxylic acid groups (broad SMARTS) is 1. The van der Waals surface area contributed by atoms with Crippen LogP contribution in [0.4, 0.5) is 4.79 Å². The second-order valence-corrected chi connectivity index (χ2v) is 8.21. The van der Waals surface area contributed by atoms with Crippen LogP contribution in [0.25, 0.3) is 33.4 Å². The zero-order chi connectivity index (χ0) is 20.7. The molecule has 0 unspecified atom stereocenters. The number of benzene rings is 1. The molecule has 3 aromatic heterocycles. The van der Waals surface area contributed by atoms with Gasteiger partial charge in [0.25, 0.3) is 0 Å². The first-order valence-corrected chi connectivity index (χ1v) is 10.4. The highest BCUT2D eigenvalue weighted by Crippen LogP contribution is 2.32. The van der Waals surface area contributed by atoms with Crippen molar-refractivity contribution in [2.75, 3.05) is 6.54 Å². The molecule has 30 heavy (non-hydrogen) atoms. The molecule has 0 bridgehead atoms. The molecule has 5 rings (SSSR count). The molecule has 1 aromatic carbocycles. The number of fused-ring (bicyclic) bond motifs is 1. The summed E-state index contributed by atoms with van der Waals surface area (Å²) in [6.45, 7) is 0.552. The van der Waals surface area contributed by atoms with E-state index in [1.54, 1.807) is 6.20 Å². The highest BCUT2D eigenvalue weighted by atomic mass is 79.9. The summed E-state index contributed by atoms with van der Waals surface area (Å²) >= 11 is 3.42. The van der Waals surface area contributed by atoms with E-state index >= 15 is 0 Å². The first-order chi connectivity index (χ1) is 14.6. The number of hydrogen-bond acceptors (Lipinski definition) is 4. The van der Waals surface area contributed by atoms with Crippen molar-refractivity contribution in [2.45, 2.75) is 18.9 Å². The maximum Gasteiger partial charge on any atom is 0.407 e. The zero-order valence-corrected chi connectivity index (χ0v) is 17.5. The fourth-order valence-electron chi connectivity index (χ4n) is 3.90. The summed E-state index contributed by atoms with van der Waals surface area (Å²) in [5.41, 5.74) is 5.50. The summed E-state index contributed by atoms with van der Waals surface area (Å²) in [6.07, 6.45) is 6.19. The number of aromatic amines is 1. The van der Waals surface area contributed by atoms with Crippen molar-refractivity contribution in [1.29, 1.82) is 0 Å². The molecule has 8 heteroatoms. The molecule has 1 aliphatic rings. The number of amides is 1. The Balaban J connectivity index is 1.40. The third kappa shape index (κ3) is 3.43. The lowest BCUT2D eigenvalue weighted by Crippen LogP contribution is -2.29. The number of nitrogens with one attached hydrogen (secondary N) is 1. The molecule has 1 saturated heterocycles. The van der Waals surface area contributed by atoms with E-state index in [0.29, 0.717) is 12.4 Å². The minimum Gasteiger partial charge on any atom is -0.465 e. The van der Waals surface area contributed by atoms with Crippen LogP contribution in [0.2, 0.25) is 0 Å². The fraction of sp³-hybridized carbons (Fsp3) is 0.182. The Hall–Kier alpha value is -3.26. The number of rotatable bonds is 3. The van der Waals surface area contributed by atoms with E-state index in [-0.39, 0.29) is 6.04 Å². The van der Waals surface area contributed by atoms with Crippen LogP contribution in [0.3, 0.4) is 0 Å². The quantitative estimate of drug-likeness (QED) is 0.431. The third-order valence-electron chi connectivity index (χ3n) is 5.42. The van der Waals surface area contributed by atoms with Gasteiger partial charge in [-0.05, 0) is 46.5 Å². The first kappa shape index (κ1) is 18.7. The number of halogens is 1. The molecule has 1 amide bonds. The van der Waals surface area contributed by atoms with E-state index < -0.39 is 6.09 Å². The fourth-order valence-corrected chi connectivity index (χ4v) is 4.22. The smallest absolute Gasteiger partial charge is 0.407 e. The summed E-state index contributed by atoms with van der Waals surface area (Å²) in [5.74, 6) is 0.699. The van der Waals surface area contributed by atoms with Gasteiger partial charge < -0.3 is 10.1 Å². The van der Waals surface area contributed by atoms with Crippen LogP contribution in [0.1, 0.15) is 24.7 Å². The van der Waals surface area contributed by atoms with Crippen LogP contribution in [0.5, 0.6) is 0 Å². The molecule has 0 saturated carbocycles. The van der Waals surface area contributed by atoms with E-state index in [2.05, 4.69) is 35.9 Å². The number of aromatic nitrogens is 4. The molecule has 1 fully saturated rings. The van der Waals surface area contributed by atoms with Gasteiger partial charge in [-0.15, -0.1) is 0 Å². The van der Waals surface area contributed by atoms with Gasteiger partial charge in [-0.25, -0.2) is 9.78 Å². The van der Waals surface area contributed by atoms with Crippen LogP contribution >= 0.6 is 15.9 Å². The molecule has 4 aromatic rings. The van der Waals surface area contributed by atoms with E-state index in [9.17, 15) is 9.90 Å². The number of imidazole rings is 1. The zero-order valence-electron chi connectivity index (χ0n) is 15.9. The highest BCUT2D eigenvalue weighted by Gasteiger charge is 2.31. The highest BCUT2D eigenvalue weighted by molar-refractivity contribution is 9.10. The number of pyridine rings is 2. The Morgan fingerprint density at radius 2 is 1.80 bits per heavy atom. The number of carbonyl (C=O) groups is 1. The Kier molecular flexibility index (Phi) is 4.71. The van der Waals surface area contributed by atoms with Crippen LogP contribution in [-0.2, 0) is 0 Å². The lowest BCUT2D eigenvalue weighted by Gasteiger charge is -2.19. The number of likely N-dealkylation sites (tertiary alicyclic amines) is 1. The maximum atomic E-state index is 11.4. The van der Waals surface area contributed by atoms with Gasteiger partial charge in [0.05, 0.1) is 22.8 Å². The van der Waals surface area contributed by atoms with Gasteiger partial charge in [0.1, 0.15) is 5.82 Å². The summed E-state index contributed by atoms with van der Waals surface area (Å²) in [6, 6.07) is 11.9. The minimum absolute atomic E-state index is 0.202. The van der Waals surface area contributed by atoms with Crippen molar-refractivity contribution in [2.24, 2.45) is 0 Å². The molecule has 0 radical (unpaired) electrons. The van der Waals surface area contributed by atoms with Gasteiger partial charge >= 0.3 is 6.09 Å². The minimum atomic E-state index is -0.898. The molecule has 0 spiro atoms. The van der Waals surface area contributed by atoms with Gasteiger partial charge in [0.2, 0.25) is 0 Å². The summed E-state index contributed by atoms with van der Waals surface area (Å²) in [4.78, 5) is 29.6. The molecule has 1 aliphatic heterocycles. The van der Waals surface area contributed by atoms with E-state index in [4.69, 9.17) is 0 Å². The topological polar surface area (TPSA) is 95.0 Å². The third-order valence-corrected chi connectivity index (χ3v) is 5.86. The van der Waals surface area contributed by atoms with E-state index in [1.165, 1.54) is 4.90 Å². The van der Waals surface area contributed by atoms with Crippen molar-refractivity contribution in [3.8, 4) is 22.4 Å². The Morgan fingerprint density at radius 1 is 1.07 bits per heavy atom. The van der Waals surface area contributed by atoms with Crippen LogP contribution in [0.15, 0.2) is 59.5 Å². The van der Waals surface area contributed by atoms with Crippen molar-refractivity contribution in [3.63, 3.8) is 0 Å². The predicted octanol–water partition coefficient (Wildman–Crippen LogP) is 5.26. The van der Waals surface area contributed by atoms with Gasteiger partial charge in [-0.1, -0.05) is 24.3 Å². The monoisotopic (exact) mass is 463 g/mol. The van der Waals surface area contributed by atoms with Gasteiger partial charge in [-0.2, -0.15) is 0 Å². The Bertz CT molecular complexity index is 1240. The van der Waals surface area contributed by atoms with Crippen molar-refractivity contribution in [1.82, 2.24) is 24.8 Å². The van der Waals surface area contributed by atoms with E-state index in [1.807, 2.05) is 48.8 Å². The molecule has 1 atom stereocenters. The van der Waals surface area contributed by atoms with Gasteiger partial charge in [0, 0.05) is 40.7 Å². The van der Waals surface area contributed by atoms with Crippen LogP contribution in [-0.4, -0.2) is 42.6 Å². The molecular formula is C22H18BrN5O2. The second kappa shape index (κ2) is 7.53. The van der Waals surface area contributed by atoms with Gasteiger partial charge in [-0.3, -0.25) is 14.9 Å². The molecule has 4 heterocycles. The van der Waals surface area contributed by atoms with Crippen molar-refractivity contribution < 1.29 is 9.90 Å². The second-order valence-electron chi connectivity index (χ2n) is 7.30. The molecule has 0 aliphatic carbocycles. The largest absolute Gasteiger partial charge is 0.465 e. The van der Waals surface area contributed by atoms with Crippen molar-refractivity contribution >= 4 is 33.1 Å². The lowest BCUT2D eigenvalue weighted by molar-refractivity contribution is 0.139. The summed E-state index contributed by atoms with van der Waals surface area (Å²) in [7, 11) is 0. The summed E-state index contributed by atoms with van der Waals surface area (Å²) < 4.78 is 0.905. The van der Waals surface area contributed by atoms with Gasteiger partial charge in [0.15, 0.2) is 0 Å².